The molecular formula is C21H23F2N3O2. The molecule has 1 amide bonds. The summed E-state index contributed by atoms with van der Waals surface area (Å²) in [4.78, 5) is 26.4. The number of carbonyl (C=O) groups excluding carboxylic acids is 2. The smallest absolute Gasteiger partial charge is 0.233 e. The molecule has 5 nitrogen and oxygen atoms in total. The summed E-state index contributed by atoms with van der Waals surface area (Å²) in [5.74, 6) is -2.39. The van der Waals surface area contributed by atoms with E-state index in [2.05, 4.69) is 10.2 Å². The Kier molecular flexibility index (Phi) is 5.24. The van der Waals surface area contributed by atoms with Crippen molar-refractivity contribution in [1.82, 2.24) is 15.1 Å². The lowest BCUT2D eigenvalue weighted by Crippen LogP contribution is -2.44. The second-order valence-electron chi connectivity index (χ2n) is 7.68. The number of amides is 1. The minimum absolute atomic E-state index is 0.0429. The third kappa shape index (κ3) is 3.45. The van der Waals surface area contributed by atoms with Gasteiger partial charge in [-0.1, -0.05) is 18.6 Å². The van der Waals surface area contributed by atoms with Gasteiger partial charge in [-0.05, 0) is 37.2 Å². The molecule has 1 aliphatic heterocycles. The molecule has 1 aromatic carbocycles. The molecular weight excluding hydrogens is 364 g/mol. The van der Waals surface area contributed by atoms with Crippen molar-refractivity contribution in [3.63, 3.8) is 0 Å². The zero-order chi connectivity index (χ0) is 19.7. The highest BCUT2D eigenvalue weighted by molar-refractivity contribution is 6.01. The predicted octanol–water partition coefficient (Wildman–Crippen LogP) is 3.82. The molecule has 1 saturated carbocycles. The van der Waals surface area contributed by atoms with Crippen LogP contribution < -0.4 is 0 Å². The number of aromatic nitrogens is 2. The molecule has 0 bridgehead atoms. The number of nitrogens with zero attached hydrogens (tertiary/aromatic N) is 2. The lowest BCUT2D eigenvalue weighted by Gasteiger charge is -2.35. The van der Waals surface area contributed by atoms with Gasteiger partial charge < -0.3 is 4.90 Å². The number of hydrogen-bond donors (Lipinski definition) is 1. The third-order valence-corrected chi connectivity index (χ3v) is 6.02. The summed E-state index contributed by atoms with van der Waals surface area (Å²) in [6.07, 6.45) is 6.99. The Balaban J connectivity index is 1.44. The van der Waals surface area contributed by atoms with Gasteiger partial charge in [0.25, 0.3) is 0 Å². The monoisotopic (exact) mass is 387 g/mol. The first-order valence-corrected chi connectivity index (χ1v) is 9.85. The first-order valence-electron chi connectivity index (χ1n) is 9.85. The third-order valence-electron chi connectivity index (χ3n) is 6.02. The lowest BCUT2D eigenvalue weighted by atomic mass is 9.84. The van der Waals surface area contributed by atoms with E-state index in [0.717, 1.165) is 12.8 Å². The normalized spacial score (nSPS) is 21.1. The number of halogens is 2. The molecule has 148 valence electrons. The Morgan fingerprint density at radius 1 is 1.11 bits per heavy atom. The first-order chi connectivity index (χ1) is 13.6. The van der Waals surface area contributed by atoms with Crippen LogP contribution in [0.3, 0.4) is 0 Å². The van der Waals surface area contributed by atoms with Gasteiger partial charge >= 0.3 is 0 Å². The van der Waals surface area contributed by atoms with Gasteiger partial charge in [0.15, 0.2) is 11.6 Å². The summed E-state index contributed by atoms with van der Waals surface area (Å²) in [6, 6.07) is 3.21. The van der Waals surface area contributed by atoms with Crippen LogP contribution in [0.2, 0.25) is 0 Å². The summed E-state index contributed by atoms with van der Waals surface area (Å²) >= 11 is 0. The molecule has 2 aliphatic rings. The molecule has 1 aliphatic carbocycles. The van der Waals surface area contributed by atoms with Crippen molar-refractivity contribution in [2.45, 2.75) is 44.4 Å². The highest BCUT2D eigenvalue weighted by Crippen LogP contribution is 2.35. The molecule has 1 N–H and O–H groups in total. The summed E-state index contributed by atoms with van der Waals surface area (Å²) in [5.41, 5.74) is 1.03. The van der Waals surface area contributed by atoms with Gasteiger partial charge in [-0.25, -0.2) is 8.78 Å². The highest BCUT2D eigenvalue weighted by Gasteiger charge is 2.34. The predicted molar refractivity (Wildman–Crippen MR) is 99.5 cm³/mol. The van der Waals surface area contributed by atoms with Crippen molar-refractivity contribution >= 4 is 11.7 Å². The van der Waals surface area contributed by atoms with Crippen LogP contribution in [0.15, 0.2) is 24.5 Å². The van der Waals surface area contributed by atoms with Crippen LogP contribution in [0.4, 0.5) is 8.78 Å². The summed E-state index contributed by atoms with van der Waals surface area (Å²) in [6.45, 7) is 0.940. The van der Waals surface area contributed by atoms with Crippen molar-refractivity contribution in [1.29, 1.82) is 0 Å². The number of hydrogen-bond acceptors (Lipinski definition) is 3. The largest absolute Gasteiger partial charge is 0.342 e. The van der Waals surface area contributed by atoms with Crippen LogP contribution in [0.1, 0.15) is 50.0 Å². The van der Waals surface area contributed by atoms with E-state index in [0.29, 0.717) is 49.9 Å². The molecule has 2 heterocycles. The van der Waals surface area contributed by atoms with Gasteiger partial charge in [-0.15, -0.1) is 0 Å². The van der Waals surface area contributed by atoms with Gasteiger partial charge in [0, 0.05) is 36.8 Å². The molecule has 1 atom stereocenters. The van der Waals surface area contributed by atoms with Gasteiger partial charge in [-0.3, -0.25) is 14.7 Å². The van der Waals surface area contributed by atoms with Crippen molar-refractivity contribution in [3.8, 4) is 11.1 Å². The van der Waals surface area contributed by atoms with Crippen LogP contribution in [0, 0.1) is 17.6 Å². The second-order valence-corrected chi connectivity index (χ2v) is 7.68. The number of carbonyl (C=O) groups is 2. The topological polar surface area (TPSA) is 66.1 Å². The van der Waals surface area contributed by atoms with E-state index in [4.69, 9.17) is 0 Å². The number of benzene rings is 1. The average Bonchev–Trinajstić information content (AvgIpc) is 3.25. The van der Waals surface area contributed by atoms with E-state index in [1.807, 2.05) is 0 Å². The fraction of sp³-hybridized carbons (Fsp3) is 0.476. The fourth-order valence-electron chi connectivity index (χ4n) is 4.38. The molecule has 1 aromatic heterocycles. The van der Waals surface area contributed by atoms with Gasteiger partial charge in [0.1, 0.15) is 5.78 Å². The van der Waals surface area contributed by atoms with E-state index >= 15 is 0 Å². The Labute approximate surface area is 162 Å². The SMILES string of the molecule is O=C1CCCCC1C(=O)N1CCC(c2ccc(-c3cn[nH]c3)c(F)c2F)CC1. The number of nitrogens with one attached hydrogen (secondary N) is 1. The molecule has 0 radical (unpaired) electrons. The Morgan fingerprint density at radius 2 is 1.89 bits per heavy atom. The average molecular weight is 387 g/mol. The van der Waals surface area contributed by atoms with E-state index in [-0.39, 0.29) is 23.2 Å². The maximum absolute atomic E-state index is 14.7. The number of H-pyrrole nitrogens is 1. The highest BCUT2D eigenvalue weighted by atomic mass is 19.2. The maximum atomic E-state index is 14.7. The fourth-order valence-corrected chi connectivity index (χ4v) is 4.38. The zero-order valence-corrected chi connectivity index (χ0v) is 15.6. The summed E-state index contributed by atoms with van der Waals surface area (Å²) in [7, 11) is 0. The van der Waals surface area contributed by atoms with Crippen molar-refractivity contribution in [2.24, 2.45) is 5.92 Å². The number of piperidine rings is 1. The number of Topliss-reactive ketones (excluding diaryl/α,β-unsaturated/α-hetero) is 1. The van der Waals surface area contributed by atoms with E-state index in [1.165, 1.54) is 12.4 Å². The summed E-state index contributed by atoms with van der Waals surface area (Å²) < 4.78 is 29.3. The molecule has 2 aromatic rings. The molecule has 2 fully saturated rings. The quantitative estimate of drug-likeness (QED) is 0.815. The lowest BCUT2D eigenvalue weighted by molar-refractivity contribution is -0.143. The van der Waals surface area contributed by atoms with Crippen molar-refractivity contribution in [2.75, 3.05) is 13.1 Å². The molecule has 28 heavy (non-hydrogen) atoms. The molecule has 1 unspecified atom stereocenters. The standard InChI is InChI=1S/C21H23F2N3O2/c22-19-15(5-6-16(20(19)23)14-11-24-25-12-14)13-7-9-26(10-8-13)21(28)17-3-1-2-4-18(17)27/h5-6,11-13,17H,1-4,7-10H2,(H,24,25). The van der Waals surface area contributed by atoms with Gasteiger partial charge in [0.05, 0.1) is 12.1 Å². The van der Waals surface area contributed by atoms with Crippen LogP contribution >= 0.6 is 0 Å². The molecule has 7 heteroatoms. The number of likely N-dealkylation sites (tertiary alicyclic amines) is 1. The van der Waals surface area contributed by atoms with E-state index in [9.17, 15) is 18.4 Å². The van der Waals surface area contributed by atoms with Crippen LogP contribution in [-0.4, -0.2) is 39.9 Å². The Morgan fingerprint density at radius 3 is 2.57 bits per heavy atom. The van der Waals surface area contributed by atoms with Crippen LogP contribution in [0.25, 0.3) is 11.1 Å². The Bertz CT molecular complexity index is 874. The maximum Gasteiger partial charge on any atom is 0.233 e. The number of aromatic amines is 1. The van der Waals surface area contributed by atoms with Crippen LogP contribution in [-0.2, 0) is 9.59 Å². The van der Waals surface area contributed by atoms with E-state index < -0.39 is 17.6 Å². The number of rotatable bonds is 3. The van der Waals surface area contributed by atoms with Crippen LogP contribution in [0.5, 0.6) is 0 Å². The molecule has 0 spiro atoms. The number of ketones is 1. The molecule has 1 saturated heterocycles. The van der Waals surface area contributed by atoms with Crippen molar-refractivity contribution < 1.29 is 18.4 Å². The second kappa shape index (κ2) is 7.81. The van der Waals surface area contributed by atoms with Gasteiger partial charge in [-0.2, -0.15) is 5.10 Å². The Hall–Kier alpha value is -2.57. The first kappa shape index (κ1) is 18.8. The zero-order valence-electron chi connectivity index (χ0n) is 15.6. The van der Waals surface area contributed by atoms with Gasteiger partial charge in [0.2, 0.25) is 5.91 Å². The summed E-state index contributed by atoms with van der Waals surface area (Å²) in [5, 5.41) is 6.37. The van der Waals surface area contributed by atoms with Crippen molar-refractivity contribution in [3.05, 3.63) is 41.7 Å². The molecule has 4 rings (SSSR count). The van der Waals surface area contributed by atoms with E-state index in [1.54, 1.807) is 17.0 Å². The minimum Gasteiger partial charge on any atom is -0.342 e. The minimum atomic E-state index is -0.870.